The van der Waals surface area contributed by atoms with Gasteiger partial charge in [0.2, 0.25) is 5.60 Å². The number of morpholine rings is 1. The zero-order valence-electron chi connectivity index (χ0n) is 14.8. The molecule has 1 atom stereocenters. The highest BCUT2D eigenvalue weighted by Crippen LogP contribution is 2.41. The van der Waals surface area contributed by atoms with Crippen LogP contribution < -0.4 is 5.32 Å². The number of nitrogens with one attached hydrogen (secondary N) is 1. The molecule has 2 aliphatic rings. The van der Waals surface area contributed by atoms with E-state index in [1.54, 1.807) is 6.08 Å². The van der Waals surface area contributed by atoms with Crippen LogP contribution in [0.15, 0.2) is 11.6 Å². The number of ether oxygens (including phenoxy) is 2. The van der Waals surface area contributed by atoms with Gasteiger partial charge >= 0.3 is 6.18 Å². The molecule has 0 saturated carbocycles. The average Bonchev–Trinajstić information content (AvgIpc) is 2.84. The van der Waals surface area contributed by atoms with Crippen molar-refractivity contribution >= 4 is 5.91 Å². The second-order valence-corrected chi connectivity index (χ2v) is 6.54. The van der Waals surface area contributed by atoms with Gasteiger partial charge in [0.05, 0.1) is 13.2 Å². The normalized spacial score (nSPS) is 27.3. The summed E-state index contributed by atoms with van der Waals surface area (Å²) in [5.74, 6) is -1.14. The van der Waals surface area contributed by atoms with Gasteiger partial charge in [0, 0.05) is 45.8 Å². The molecule has 150 valence electrons. The largest absolute Gasteiger partial charge is 0.426 e. The monoisotopic (exact) mass is 380 g/mol. The maximum atomic E-state index is 13.8. The summed E-state index contributed by atoms with van der Waals surface area (Å²) in [5.41, 5.74) is -2.37. The van der Waals surface area contributed by atoms with Crippen LogP contribution in [0.2, 0.25) is 0 Å². The first-order valence-corrected chi connectivity index (χ1v) is 8.97. The SMILES string of the molecule is O=C(NCCN1CCOCC1)C1(C(F)(F)F)C/C(=C\CCO)CCCO1. The summed E-state index contributed by atoms with van der Waals surface area (Å²) in [6.07, 6.45) is -2.66. The minimum absolute atomic E-state index is 0.121. The van der Waals surface area contributed by atoms with Crippen molar-refractivity contribution in [3.8, 4) is 0 Å². The van der Waals surface area contributed by atoms with Crippen LogP contribution >= 0.6 is 0 Å². The summed E-state index contributed by atoms with van der Waals surface area (Å²) in [5, 5.41) is 11.3. The molecular weight excluding hydrogens is 353 g/mol. The Morgan fingerprint density at radius 2 is 2.04 bits per heavy atom. The molecule has 2 rings (SSSR count). The number of carbonyl (C=O) groups is 1. The number of nitrogens with zero attached hydrogens (tertiary/aromatic N) is 1. The molecular formula is C17H27F3N2O4. The third-order valence-electron chi connectivity index (χ3n) is 4.67. The van der Waals surface area contributed by atoms with Crippen LogP contribution in [0.25, 0.3) is 0 Å². The molecule has 2 fully saturated rings. The zero-order chi connectivity index (χ0) is 19.0. The van der Waals surface area contributed by atoms with Crippen molar-refractivity contribution in [1.82, 2.24) is 10.2 Å². The summed E-state index contributed by atoms with van der Waals surface area (Å²) in [4.78, 5) is 14.5. The van der Waals surface area contributed by atoms with Gasteiger partial charge in [-0.3, -0.25) is 9.69 Å². The number of alkyl halides is 3. The lowest BCUT2D eigenvalue weighted by molar-refractivity contribution is -0.265. The fourth-order valence-corrected chi connectivity index (χ4v) is 3.20. The van der Waals surface area contributed by atoms with Crippen LogP contribution in [0, 0.1) is 0 Å². The van der Waals surface area contributed by atoms with Crippen LogP contribution in [0.3, 0.4) is 0 Å². The molecule has 0 bridgehead atoms. The van der Waals surface area contributed by atoms with Crippen molar-refractivity contribution in [2.24, 2.45) is 0 Å². The molecule has 1 unspecified atom stereocenters. The maximum absolute atomic E-state index is 13.8. The molecule has 26 heavy (non-hydrogen) atoms. The smallest absolute Gasteiger partial charge is 0.396 e. The Bertz CT molecular complexity index is 493. The standard InChI is InChI=1S/C17H27F3N2O4/c18-17(19,20)16(13-14(3-1-9-23)4-2-10-26-16)15(24)21-5-6-22-7-11-25-12-8-22/h3,23H,1-2,4-13H2,(H,21,24)/b14-3-. The summed E-state index contributed by atoms with van der Waals surface area (Å²) < 4.78 is 51.8. The highest BCUT2D eigenvalue weighted by molar-refractivity contribution is 5.86. The molecule has 0 aromatic carbocycles. The third-order valence-corrected chi connectivity index (χ3v) is 4.67. The molecule has 2 heterocycles. The van der Waals surface area contributed by atoms with E-state index in [1.165, 1.54) is 0 Å². The molecule has 0 spiro atoms. The summed E-state index contributed by atoms with van der Waals surface area (Å²) in [6, 6.07) is 0. The molecule has 0 aromatic heterocycles. The second kappa shape index (κ2) is 9.68. The van der Waals surface area contributed by atoms with Crippen LogP contribution in [0.1, 0.15) is 25.7 Å². The van der Waals surface area contributed by atoms with E-state index in [4.69, 9.17) is 14.6 Å². The van der Waals surface area contributed by atoms with E-state index in [9.17, 15) is 18.0 Å². The van der Waals surface area contributed by atoms with Crippen LogP contribution in [-0.4, -0.2) is 80.3 Å². The van der Waals surface area contributed by atoms with Crippen molar-refractivity contribution in [2.75, 3.05) is 52.6 Å². The quantitative estimate of drug-likeness (QED) is 0.679. The van der Waals surface area contributed by atoms with Gasteiger partial charge < -0.3 is 19.9 Å². The lowest BCUT2D eigenvalue weighted by Gasteiger charge is -2.34. The molecule has 2 saturated heterocycles. The van der Waals surface area contributed by atoms with Crippen molar-refractivity contribution in [3.05, 3.63) is 11.6 Å². The number of carbonyl (C=O) groups excluding carboxylic acids is 1. The molecule has 9 heteroatoms. The van der Waals surface area contributed by atoms with Crippen LogP contribution in [0.5, 0.6) is 0 Å². The summed E-state index contributed by atoms with van der Waals surface area (Å²) in [6.45, 7) is 2.88. The minimum Gasteiger partial charge on any atom is -0.396 e. The Labute approximate surface area is 151 Å². The topological polar surface area (TPSA) is 71.0 Å². The van der Waals surface area contributed by atoms with Gasteiger partial charge in [0.1, 0.15) is 0 Å². The van der Waals surface area contributed by atoms with Gasteiger partial charge in [0.25, 0.3) is 5.91 Å². The number of halogens is 3. The van der Waals surface area contributed by atoms with Crippen molar-refractivity contribution in [1.29, 1.82) is 0 Å². The first-order valence-electron chi connectivity index (χ1n) is 8.97. The maximum Gasteiger partial charge on any atom is 0.426 e. The van der Waals surface area contributed by atoms with Gasteiger partial charge in [-0.15, -0.1) is 0 Å². The molecule has 0 aliphatic carbocycles. The van der Waals surface area contributed by atoms with E-state index in [0.29, 0.717) is 51.3 Å². The van der Waals surface area contributed by atoms with Crippen LogP contribution in [0.4, 0.5) is 13.2 Å². The number of aliphatic hydroxyl groups excluding tert-OH is 1. The van der Waals surface area contributed by atoms with Gasteiger partial charge in [-0.05, 0) is 19.3 Å². The summed E-state index contributed by atoms with van der Waals surface area (Å²) in [7, 11) is 0. The Kier molecular flexibility index (Phi) is 7.87. The highest BCUT2D eigenvalue weighted by atomic mass is 19.4. The van der Waals surface area contributed by atoms with E-state index in [0.717, 1.165) is 0 Å². The fourth-order valence-electron chi connectivity index (χ4n) is 3.20. The third kappa shape index (κ3) is 5.42. The fraction of sp³-hybridized carbons (Fsp3) is 0.824. The lowest BCUT2D eigenvalue weighted by atomic mass is 9.90. The highest BCUT2D eigenvalue weighted by Gasteiger charge is 2.62. The Balaban J connectivity index is 2.05. The van der Waals surface area contributed by atoms with Crippen molar-refractivity contribution in [3.63, 3.8) is 0 Å². The number of aliphatic hydroxyl groups is 1. The second-order valence-electron chi connectivity index (χ2n) is 6.54. The van der Waals surface area contributed by atoms with E-state index in [2.05, 4.69) is 5.32 Å². The predicted octanol–water partition coefficient (Wildman–Crippen LogP) is 1.25. The molecule has 0 aromatic rings. The first-order chi connectivity index (χ1) is 12.4. The molecule has 6 nitrogen and oxygen atoms in total. The van der Waals surface area contributed by atoms with Gasteiger partial charge in [0.15, 0.2) is 0 Å². The first kappa shape index (κ1) is 21.1. The van der Waals surface area contributed by atoms with E-state index in [-0.39, 0.29) is 26.2 Å². The molecule has 2 N–H and O–H groups in total. The molecule has 1 amide bonds. The zero-order valence-corrected chi connectivity index (χ0v) is 14.8. The van der Waals surface area contributed by atoms with Gasteiger partial charge in [-0.2, -0.15) is 13.2 Å². The summed E-state index contributed by atoms with van der Waals surface area (Å²) >= 11 is 0. The van der Waals surface area contributed by atoms with E-state index < -0.39 is 24.1 Å². The van der Waals surface area contributed by atoms with Gasteiger partial charge in [-0.25, -0.2) is 0 Å². The van der Waals surface area contributed by atoms with Crippen molar-refractivity contribution in [2.45, 2.75) is 37.5 Å². The van der Waals surface area contributed by atoms with Crippen molar-refractivity contribution < 1.29 is 32.5 Å². The number of rotatable bonds is 6. The Morgan fingerprint density at radius 3 is 2.69 bits per heavy atom. The van der Waals surface area contributed by atoms with Gasteiger partial charge in [-0.1, -0.05) is 11.6 Å². The molecule has 2 aliphatic heterocycles. The molecule has 0 radical (unpaired) electrons. The van der Waals surface area contributed by atoms with Crippen LogP contribution in [-0.2, 0) is 14.3 Å². The average molecular weight is 380 g/mol. The Hall–Kier alpha value is -1.16. The van der Waals surface area contributed by atoms with E-state index in [1.807, 2.05) is 4.90 Å². The Morgan fingerprint density at radius 1 is 1.31 bits per heavy atom. The minimum atomic E-state index is -4.82. The number of hydrogen-bond acceptors (Lipinski definition) is 5. The number of amides is 1. The predicted molar refractivity (Wildman–Crippen MR) is 88.6 cm³/mol. The lowest BCUT2D eigenvalue weighted by Crippen LogP contribution is -2.59. The van der Waals surface area contributed by atoms with E-state index >= 15 is 0 Å². The number of hydrogen-bond donors (Lipinski definition) is 2.